The molecule has 0 aliphatic heterocycles. The fourth-order valence-corrected chi connectivity index (χ4v) is 1.92. The summed E-state index contributed by atoms with van der Waals surface area (Å²) in [6.45, 7) is 7.63. The predicted octanol–water partition coefficient (Wildman–Crippen LogP) is 3.14. The van der Waals surface area contributed by atoms with Gasteiger partial charge in [-0.2, -0.15) is 0 Å². The molecule has 1 aromatic heterocycles. The maximum atomic E-state index is 4.47. The number of aromatic nitrogens is 2. The summed E-state index contributed by atoms with van der Waals surface area (Å²) >= 11 is 0. The van der Waals surface area contributed by atoms with Crippen molar-refractivity contribution < 1.29 is 0 Å². The van der Waals surface area contributed by atoms with Gasteiger partial charge >= 0.3 is 0 Å². The highest BCUT2D eigenvalue weighted by Crippen LogP contribution is 2.20. The summed E-state index contributed by atoms with van der Waals surface area (Å²) in [7, 11) is 0. The Morgan fingerprint density at radius 1 is 0.947 bits per heavy atom. The van der Waals surface area contributed by atoms with Gasteiger partial charge in [-0.3, -0.25) is 0 Å². The van der Waals surface area contributed by atoms with Crippen LogP contribution in [0.1, 0.15) is 23.9 Å². The van der Waals surface area contributed by atoms with Gasteiger partial charge in [-0.15, -0.1) is 0 Å². The first-order chi connectivity index (χ1) is 9.20. The number of aryl methyl sites for hydroxylation is 1. The Kier molecular flexibility index (Phi) is 4.34. The fraction of sp³-hybridized carbons (Fsp3) is 0.333. The van der Waals surface area contributed by atoms with Gasteiger partial charge in [0, 0.05) is 18.7 Å². The maximum absolute atomic E-state index is 4.47. The van der Waals surface area contributed by atoms with Crippen LogP contribution in [0.3, 0.4) is 0 Å². The lowest BCUT2D eigenvalue weighted by atomic mass is 10.2. The Morgan fingerprint density at radius 2 is 1.58 bits per heavy atom. The van der Waals surface area contributed by atoms with Crippen LogP contribution in [0.4, 0.5) is 11.6 Å². The lowest BCUT2D eigenvalue weighted by Crippen LogP contribution is -2.09. The molecule has 1 heterocycles. The highest BCUT2D eigenvalue weighted by atomic mass is 15.1. The summed E-state index contributed by atoms with van der Waals surface area (Å²) < 4.78 is 0. The molecule has 1 aromatic carbocycles. The molecule has 4 heteroatoms. The van der Waals surface area contributed by atoms with E-state index in [-0.39, 0.29) is 0 Å². The minimum absolute atomic E-state index is 0.768. The lowest BCUT2D eigenvalue weighted by molar-refractivity contribution is 0.993. The molecule has 0 bridgehead atoms. The monoisotopic (exact) mass is 256 g/mol. The number of rotatable bonds is 5. The van der Waals surface area contributed by atoms with Crippen LogP contribution >= 0.6 is 0 Å². The second kappa shape index (κ2) is 6.18. The lowest BCUT2D eigenvalue weighted by Gasteiger charge is -2.13. The molecule has 100 valence electrons. The molecule has 0 atom stereocenters. The molecule has 2 N–H and O–H groups in total. The number of nitrogens with one attached hydrogen (secondary N) is 2. The van der Waals surface area contributed by atoms with E-state index in [1.807, 2.05) is 32.0 Å². The van der Waals surface area contributed by atoms with E-state index in [1.54, 1.807) is 0 Å². The summed E-state index contributed by atoms with van der Waals surface area (Å²) in [6, 6.07) is 10.3. The minimum Gasteiger partial charge on any atom is -0.370 e. The van der Waals surface area contributed by atoms with Crippen LogP contribution in [0.15, 0.2) is 30.3 Å². The molecule has 4 nitrogen and oxygen atoms in total. The number of nitrogens with zero attached hydrogens (tertiary/aromatic N) is 2. The van der Waals surface area contributed by atoms with Crippen molar-refractivity contribution in [1.82, 2.24) is 9.97 Å². The Labute approximate surface area is 114 Å². The van der Waals surface area contributed by atoms with Gasteiger partial charge < -0.3 is 10.6 Å². The topological polar surface area (TPSA) is 49.8 Å². The zero-order valence-electron chi connectivity index (χ0n) is 11.7. The van der Waals surface area contributed by atoms with Crippen molar-refractivity contribution in [3.8, 4) is 0 Å². The average Bonchev–Trinajstić information content (AvgIpc) is 2.42. The van der Waals surface area contributed by atoms with E-state index in [0.717, 1.165) is 36.1 Å². The summed E-state index contributed by atoms with van der Waals surface area (Å²) in [4.78, 5) is 8.88. The van der Waals surface area contributed by atoms with Crippen LogP contribution in [0, 0.1) is 13.8 Å². The normalized spacial score (nSPS) is 10.3. The SMILES string of the molecule is CCNc1nc(C)nc(NCc2ccccc2)c1C. The number of hydrogen-bond donors (Lipinski definition) is 2. The average molecular weight is 256 g/mol. The largest absolute Gasteiger partial charge is 0.370 e. The Morgan fingerprint density at radius 3 is 2.21 bits per heavy atom. The molecule has 2 rings (SSSR count). The molecule has 0 saturated heterocycles. The van der Waals surface area contributed by atoms with Crippen molar-refractivity contribution in [2.45, 2.75) is 27.3 Å². The smallest absolute Gasteiger partial charge is 0.135 e. The minimum atomic E-state index is 0.768. The van der Waals surface area contributed by atoms with Crippen molar-refractivity contribution in [2.75, 3.05) is 17.2 Å². The molecule has 0 unspecified atom stereocenters. The summed E-state index contributed by atoms with van der Waals surface area (Å²) in [6.07, 6.45) is 0. The van der Waals surface area contributed by atoms with E-state index in [0.29, 0.717) is 0 Å². The van der Waals surface area contributed by atoms with Crippen LogP contribution in [-0.4, -0.2) is 16.5 Å². The second-order valence-electron chi connectivity index (χ2n) is 4.46. The molecule has 0 radical (unpaired) electrons. The molecular formula is C15H20N4. The first-order valence-corrected chi connectivity index (χ1v) is 6.57. The van der Waals surface area contributed by atoms with Crippen LogP contribution in [0.5, 0.6) is 0 Å². The van der Waals surface area contributed by atoms with Crippen LogP contribution < -0.4 is 10.6 Å². The molecule has 0 spiro atoms. The van der Waals surface area contributed by atoms with E-state index >= 15 is 0 Å². The van der Waals surface area contributed by atoms with Gasteiger partial charge in [-0.05, 0) is 26.3 Å². The van der Waals surface area contributed by atoms with E-state index in [9.17, 15) is 0 Å². The number of hydrogen-bond acceptors (Lipinski definition) is 4. The highest BCUT2D eigenvalue weighted by molar-refractivity contribution is 5.57. The van der Waals surface area contributed by atoms with Crippen molar-refractivity contribution >= 4 is 11.6 Å². The molecular weight excluding hydrogens is 236 g/mol. The van der Waals surface area contributed by atoms with Gasteiger partial charge in [0.1, 0.15) is 17.5 Å². The Bertz CT molecular complexity index is 537. The van der Waals surface area contributed by atoms with E-state index < -0.39 is 0 Å². The van der Waals surface area contributed by atoms with E-state index in [1.165, 1.54) is 5.56 Å². The molecule has 0 fully saturated rings. The molecule has 19 heavy (non-hydrogen) atoms. The first kappa shape index (κ1) is 13.3. The van der Waals surface area contributed by atoms with Gasteiger partial charge in [0.25, 0.3) is 0 Å². The van der Waals surface area contributed by atoms with Gasteiger partial charge in [-0.25, -0.2) is 9.97 Å². The molecule has 0 aliphatic carbocycles. The van der Waals surface area contributed by atoms with Crippen molar-refractivity contribution in [2.24, 2.45) is 0 Å². The third kappa shape index (κ3) is 3.44. The van der Waals surface area contributed by atoms with E-state index in [4.69, 9.17) is 0 Å². The Balaban J connectivity index is 2.16. The third-order valence-electron chi connectivity index (χ3n) is 2.90. The highest BCUT2D eigenvalue weighted by Gasteiger charge is 2.08. The van der Waals surface area contributed by atoms with Crippen LogP contribution in [-0.2, 0) is 6.54 Å². The van der Waals surface area contributed by atoms with Crippen LogP contribution in [0.2, 0.25) is 0 Å². The zero-order valence-corrected chi connectivity index (χ0v) is 11.7. The summed E-state index contributed by atoms with van der Waals surface area (Å²) in [5.41, 5.74) is 2.30. The Hall–Kier alpha value is -2.10. The molecule has 0 saturated carbocycles. The molecule has 0 aliphatic rings. The van der Waals surface area contributed by atoms with Gasteiger partial charge in [0.15, 0.2) is 0 Å². The van der Waals surface area contributed by atoms with Crippen molar-refractivity contribution in [1.29, 1.82) is 0 Å². The predicted molar refractivity (Wildman–Crippen MR) is 79.4 cm³/mol. The quantitative estimate of drug-likeness (QED) is 0.863. The van der Waals surface area contributed by atoms with Crippen molar-refractivity contribution in [3.05, 3.63) is 47.3 Å². The number of benzene rings is 1. The zero-order chi connectivity index (χ0) is 13.7. The molecule has 2 aromatic rings. The first-order valence-electron chi connectivity index (χ1n) is 6.57. The fourth-order valence-electron chi connectivity index (χ4n) is 1.92. The number of anilines is 2. The van der Waals surface area contributed by atoms with Crippen LogP contribution in [0.25, 0.3) is 0 Å². The third-order valence-corrected chi connectivity index (χ3v) is 2.90. The summed E-state index contributed by atoms with van der Waals surface area (Å²) in [5, 5.41) is 6.64. The van der Waals surface area contributed by atoms with Gasteiger partial charge in [0.2, 0.25) is 0 Å². The maximum Gasteiger partial charge on any atom is 0.135 e. The van der Waals surface area contributed by atoms with E-state index in [2.05, 4.69) is 39.7 Å². The summed E-state index contributed by atoms with van der Waals surface area (Å²) in [5.74, 6) is 2.58. The molecule has 0 amide bonds. The van der Waals surface area contributed by atoms with Crippen molar-refractivity contribution in [3.63, 3.8) is 0 Å². The van der Waals surface area contributed by atoms with Gasteiger partial charge in [-0.1, -0.05) is 30.3 Å². The van der Waals surface area contributed by atoms with Gasteiger partial charge in [0.05, 0.1) is 0 Å². The second-order valence-corrected chi connectivity index (χ2v) is 4.46. The standard InChI is InChI=1S/C15H20N4/c1-4-16-14-11(2)15(19-12(3)18-14)17-10-13-8-6-5-7-9-13/h5-9H,4,10H2,1-3H3,(H2,16,17,18,19).